The highest BCUT2D eigenvalue weighted by Gasteiger charge is 2.24. The van der Waals surface area contributed by atoms with E-state index in [0.29, 0.717) is 10.0 Å². The van der Waals surface area contributed by atoms with E-state index in [1.807, 2.05) is 18.2 Å². The highest BCUT2D eigenvalue weighted by molar-refractivity contribution is 6.42. The number of hydrogen-bond acceptors (Lipinski definition) is 2. The predicted molar refractivity (Wildman–Crippen MR) is 89.2 cm³/mol. The fourth-order valence-electron chi connectivity index (χ4n) is 2.87. The number of benzene rings is 2. The third-order valence-corrected chi connectivity index (χ3v) is 4.63. The van der Waals surface area contributed by atoms with Crippen LogP contribution in [0.2, 0.25) is 10.0 Å². The Kier molecular flexibility index (Phi) is 4.81. The lowest BCUT2D eigenvalue weighted by atomic mass is 9.96. The Labute approximate surface area is 135 Å². The smallest absolute Gasteiger partial charge is 0.0603 e. The first-order valence-corrected chi connectivity index (χ1v) is 7.96. The molecule has 0 bridgehead atoms. The van der Waals surface area contributed by atoms with Crippen LogP contribution in [0.1, 0.15) is 17.2 Å². The number of nitrogens with one attached hydrogen (secondary N) is 1. The van der Waals surface area contributed by atoms with Crippen molar-refractivity contribution < 1.29 is 0 Å². The van der Waals surface area contributed by atoms with Gasteiger partial charge in [0.25, 0.3) is 0 Å². The van der Waals surface area contributed by atoms with Crippen molar-refractivity contribution in [1.82, 2.24) is 10.2 Å². The third-order valence-electron chi connectivity index (χ3n) is 3.89. The lowest BCUT2D eigenvalue weighted by Crippen LogP contribution is -2.45. The van der Waals surface area contributed by atoms with Crippen molar-refractivity contribution in [2.75, 3.05) is 26.2 Å². The molecular weight excluding hydrogens is 303 g/mol. The maximum Gasteiger partial charge on any atom is 0.0603 e. The minimum atomic E-state index is 0.225. The Morgan fingerprint density at radius 2 is 1.57 bits per heavy atom. The predicted octanol–water partition coefficient (Wildman–Crippen LogP) is 3.99. The average molecular weight is 321 g/mol. The molecule has 0 spiro atoms. The standard InChI is InChI=1S/C17H18Cl2N2/c18-15-7-6-14(12-16(15)19)17(13-4-2-1-3-5-13)21-10-8-20-9-11-21/h1-7,12,17,20H,8-11H2/t17-/m0/s1. The van der Waals surface area contributed by atoms with Gasteiger partial charge in [-0.2, -0.15) is 0 Å². The van der Waals surface area contributed by atoms with E-state index in [1.54, 1.807) is 0 Å². The first-order chi connectivity index (χ1) is 10.3. The van der Waals surface area contributed by atoms with Crippen LogP contribution in [0.5, 0.6) is 0 Å². The highest BCUT2D eigenvalue weighted by atomic mass is 35.5. The van der Waals surface area contributed by atoms with Crippen LogP contribution in [0.4, 0.5) is 0 Å². The summed E-state index contributed by atoms with van der Waals surface area (Å²) in [5, 5.41) is 4.62. The normalized spacial score (nSPS) is 17.6. The summed E-state index contributed by atoms with van der Waals surface area (Å²) in [6.07, 6.45) is 0. The van der Waals surface area contributed by atoms with Crippen LogP contribution in [0.3, 0.4) is 0 Å². The van der Waals surface area contributed by atoms with Crippen molar-refractivity contribution in [1.29, 1.82) is 0 Å². The molecule has 2 aromatic carbocycles. The van der Waals surface area contributed by atoms with E-state index in [-0.39, 0.29) is 6.04 Å². The quantitative estimate of drug-likeness (QED) is 0.920. The van der Waals surface area contributed by atoms with E-state index < -0.39 is 0 Å². The molecule has 0 aromatic heterocycles. The summed E-state index contributed by atoms with van der Waals surface area (Å²) in [5.74, 6) is 0. The van der Waals surface area contributed by atoms with Gasteiger partial charge in [0, 0.05) is 26.2 Å². The Hall–Kier alpha value is -1.06. The van der Waals surface area contributed by atoms with Gasteiger partial charge in [-0.25, -0.2) is 0 Å². The Balaban J connectivity index is 2.00. The molecule has 1 aliphatic heterocycles. The molecule has 1 N–H and O–H groups in total. The van der Waals surface area contributed by atoms with Crippen molar-refractivity contribution in [3.8, 4) is 0 Å². The Morgan fingerprint density at radius 1 is 0.857 bits per heavy atom. The SMILES string of the molecule is Clc1ccc([C@H](c2ccccc2)N2CCNCC2)cc1Cl. The summed E-state index contributed by atoms with van der Waals surface area (Å²) in [7, 11) is 0. The number of halogens is 2. The van der Waals surface area contributed by atoms with Crippen LogP contribution in [-0.2, 0) is 0 Å². The maximum atomic E-state index is 6.22. The van der Waals surface area contributed by atoms with Gasteiger partial charge in [-0.15, -0.1) is 0 Å². The Bertz CT molecular complexity index is 595. The van der Waals surface area contributed by atoms with Crippen molar-refractivity contribution in [3.05, 3.63) is 69.7 Å². The van der Waals surface area contributed by atoms with Gasteiger partial charge in [0.05, 0.1) is 16.1 Å². The summed E-state index contributed by atoms with van der Waals surface area (Å²) in [6.45, 7) is 4.09. The largest absolute Gasteiger partial charge is 0.314 e. The maximum absolute atomic E-state index is 6.22. The van der Waals surface area contributed by atoms with E-state index >= 15 is 0 Å². The minimum absolute atomic E-state index is 0.225. The molecule has 0 radical (unpaired) electrons. The average Bonchev–Trinajstić information content (AvgIpc) is 2.53. The molecule has 0 aliphatic carbocycles. The molecule has 1 heterocycles. The van der Waals surface area contributed by atoms with Gasteiger partial charge in [0.1, 0.15) is 0 Å². The van der Waals surface area contributed by atoms with Crippen molar-refractivity contribution in [3.63, 3.8) is 0 Å². The lowest BCUT2D eigenvalue weighted by molar-refractivity contribution is 0.198. The van der Waals surface area contributed by atoms with Crippen LogP contribution < -0.4 is 5.32 Å². The molecule has 0 amide bonds. The van der Waals surface area contributed by atoms with E-state index in [2.05, 4.69) is 40.5 Å². The molecule has 1 saturated heterocycles. The van der Waals surface area contributed by atoms with Crippen LogP contribution in [0, 0.1) is 0 Å². The zero-order valence-corrected chi connectivity index (χ0v) is 13.2. The van der Waals surface area contributed by atoms with Crippen molar-refractivity contribution >= 4 is 23.2 Å². The molecule has 2 nitrogen and oxygen atoms in total. The first kappa shape index (κ1) is 14.9. The fourth-order valence-corrected chi connectivity index (χ4v) is 3.18. The number of nitrogens with zero attached hydrogens (tertiary/aromatic N) is 1. The summed E-state index contributed by atoms with van der Waals surface area (Å²) in [4.78, 5) is 2.49. The molecule has 0 saturated carbocycles. The zero-order chi connectivity index (χ0) is 14.7. The minimum Gasteiger partial charge on any atom is -0.314 e. The number of hydrogen-bond donors (Lipinski definition) is 1. The van der Waals surface area contributed by atoms with Gasteiger partial charge in [0.15, 0.2) is 0 Å². The molecule has 110 valence electrons. The van der Waals surface area contributed by atoms with Gasteiger partial charge < -0.3 is 5.32 Å². The summed E-state index contributed by atoms with van der Waals surface area (Å²) in [6, 6.07) is 16.7. The van der Waals surface area contributed by atoms with Crippen LogP contribution in [-0.4, -0.2) is 31.1 Å². The van der Waals surface area contributed by atoms with E-state index in [9.17, 15) is 0 Å². The van der Waals surface area contributed by atoms with Crippen molar-refractivity contribution in [2.24, 2.45) is 0 Å². The number of piperazine rings is 1. The van der Waals surface area contributed by atoms with Crippen molar-refractivity contribution in [2.45, 2.75) is 6.04 Å². The molecule has 3 rings (SSSR count). The summed E-state index contributed by atoms with van der Waals surface area (Å²) in [5.41, 5.74) is 2.48. The molecule has 2 aromatic rings. The zero-order valence-electron chi connectivity index (χ0n) is 11.7. The summed E-state index contributed by atoms with van der Waals surface area (Å²) < 4.78 is 0. The van der Waals surface area contributed by atoms with Crippen LogP contribution in [0.15, 0.2) is 48.5 Å². The topological polar surface area (TPSA) is 15.3 Å². The third kappa shape index (κ3) is 3.41. The van der Waals surface area contributed by atoms with Gasteiger partial charge in [-0.3, -0.25) is 4.90 Å². The molecule has 1 fully saturated rings. The van der Waals surface area contributed by atoms with E-state index in [0.717, 1.165) is 26.2 Å². The van der Waals surface area contributed by atoms with Gasteiger partial charge >= 0.3 is 0 Å². The second kappa shape index (κ2) is 6.80. The second-order valence-electron chi connectivity index (χ2n) is 5.27. The van der Waals surface area contributed by atoms with Crippen LogP contribution >= 0.6 is 23.2 Å². The van der Waals surface area contributed by atoms with E-state index in [1.165, 1.54) is 11.1 Å². The molecule has 21 heavy (non-hydrogen) atoms. The molecule has 0 unspecified atom stereocenters. The monoisotopic (exact) mass is 320 g/mol. The fraction of sp³-hybridized carbons (Fsp3) is 0.294. The molecular formula is C17H18Cl2N2. The molecule has 1 aliphatic rings. The summed E-state index contributed by atoms with van der Waals surface area (Å²) >= 11 is 12.3. The van der Waals surface area contributed by atoms with Gasteiger partial charge in [0.2, 0.25) is 0 Å². The Morgan fingerprint density at radius 3 is 2.24 bits per heavy atom. The first-order valence-electron chi connectivity index (χ1n) is 7.20. The van der Waals surface area contributed by atoms with E-state index in [4.69, 9.17) is 23.2 Å². The molecule has 1 atom stereocenters. The molecule has 4 heteroatoms. The lowest BCUT2D eigenvalue weighted by Gasteiger charge is -2.35. The van der Waals surface area contributed by atoms with Gasteiger partial charge in [-0.05, 0) is 23.3 Å². The second-order valence-corrected chi connectivity index (χ2v) is 6.09. The number of rotatable bonds is 3. The van der Waals surface area contributed by atoms with Gasteiger partial charge in [-0.1, -0.05) is 59.6 Å². The highest BCUT2D eigenvalue weighted by Crippen LogP contribution is 2.32. The van der Waals surface area contributed by atoms with Crippen LogP contribution in [0.25, 0.3) is 0 Å².